The maximum absolute atomic E-state index is 12.0. The van der Waals surface area contributed by atoms with Crippen molar-refractivity contribution in [3.8, 4) is 17.2 Å². The van der Waals surface area contributed by atoms with Crippen LogP contribution in [0.25, 0.3) is 0 Å². The first-order valence-corrected chi connectivity index (χ1v) is 7.38. The first-order chi connectivity index (χ1) is 11.0. The molecule has 1 amide bonds. The number of rotatable bonds is 5. The van der Waals surface area contributed by atoms with E-state index in [4.69, 9.17) is 9.47 Å². The average Bonchev–Trinajstić information content (AvgIpc) is 2.55. The Labute approximate surface area is 141 Å². The number of nitrogens with one attached hydrogen (secondary N) is 1. The Morgan fingerprint density at radius 1 is 1.22 bits per heavy atom. The van der Waals surface area contributed by atoms with Gasteiger partial charge >= 0.3 is 0 Å². The molecule has 0 aliphatic rings. The van der Waals surface area contributed by atoms with Crippen LogP contribution in [0, 0.1) is 0 Å². The van der Waals surface area contributed by atoms with Gasteiger partial charge < -0.3 is 14.6 Å². The number of methoxy groups -OCH3 is 2. The van der Waals surface area contributed by atoms with Crippen LogP contribution in [0.2, 0.25) is 0 Å². The third-order valence-corrected chi connectivity index (χ3v) is 3.46. The number of carbonyl (C=O) groups excluding carboxylic acids is 1. The van der Waals surface area contributed by atoms with Crippen molar-refractivity contribution in [2.75, 3.05) is 14.2 Å². The molecule has 2 aromatic carbocycles. The van der Waals surface area contributed by atoms with E-state index in [0.29, 0.717) is 11.1 Å². The number of phenolic OH excluding ortho intramolecular Hbond substituents is 1. The van der Waals surface area contributed by atoms with Crippen molar-refractivity contribution in [1.29, 1.82) is 0 Å². The molecule has 6 nitrogen and oxygen atoms in total. The van der Waals surface area contributed by atoms with Crippen molar-refractivity contribution >= 4 is 28.1 Å². The fourth-order valence-corrected chi connectivity index (χ4v) is 2.25. The van der Waals surface area contributed by atoms with Gasteiger partial charge in [0.1, 0.15) is 0 Å². The van der Waals surface area contributed by atoms with E-state index in [1.807, 2.05) is 6.07 Å². The minimum absolute atomic E-state index is 0.0923. The summed E-state index contributed by atoms with van der Waals surface area (Å²) in [5.74, 6) is 0.0822. The monoisotopic (exact) mass is 378 g/mol. The van der Waals surface area contributed by atoms with Gasteiger partial charge in [0.2, 0.25) is 5.75 Å². The van der Waals surface area contributed by atoms with Crippen LogP contribution in [0.5, 0.6) is 17.2 Å². The first-order valence-electron chi connectivity index (χ1n) is 6.59. The second-order valence-corrected chi connectivity index (χ2v) is 5.40. The van der Waals surface area contributed by atoms with Gasteiger partial charge in [-0.2, -0.15) is 5.10 Å². The molecular weight excluding hydrogens is 364 g/mol. The van der Waals surface area contributed by atoms with Crippen molar-refractivity contribution in [1.82, 2.24) is 5.43 Å². The van der Waals surface area contributed by atoms with Gasteiger partial charge in [0.15, 0.2) is 11.5 Å². The van der Waals surface area contributed by atoms with Crippen LogP contribution >= 0.6 is 15.9 Å². The quantitative estimate of drug-likeness (QED) is 0.619. The van der Waals surface area contributed by atoms with Gasteiger partial charge in [-0.25, -0.2) is 5.43 Å². The van der Waals surface area contributed by atoms with Crippen molar-refractivity contribution in [3.63, 3.8) is 0 Å². The molecule has 2 rings (SSSR count). The van der Waals surface area contributed by atoms with Crippen LogP contribution in [0.1, 0.15) is 15.9 Å². The highest BCUT2D eigenvalue weighted by Gasteiger charge is 2.10. The number of ether oxygens (including phenoxy) is 2. The Hall–Kier alpha value is -2.54. The molecule has 0 aliphatic heterocycles. The number of benzene rings is 2. The third-order valence-electron chi connectivity index (χ3n) is 2.97. The zero-order valence-electron chi connectivity index (χ0n) is 12.5. The molecule has 120 valence electrons. The predicted octanol–water partition coefficient (Wildman–Crippen LogP) is 2.94. The summed E-state index contributed by atoms with van der Waals surface area (Å²) < 4.78 is 10.9. The molecule has 0 radical (unpaired) electrons. The number of phenols is 1. The van der Waals surface area contributed by atoms with E-state index < -0.39 is 0 Å². The summed E-state index contributed by atoms with van der Waals surface area (Å²) in [5.41, 5.74) is 3.52. The summed E-state index contributed by atoms with van der Waals surface area (Å²) in [6.07, 6.45) is 1.43. The van der Waals surface area contributed by atoms with Gasteiger partial charge in [-0.15, -0.1) is 0 Å². The number of hydrogen-bond donors (Lipinski definition) is 2. The van der Waals surface area contributed by atoms with E-state index in [9.17, 15) is 9.90 Å². The number of hydrazone groups is 1. The lowest BCUT2D eigenvalue weighted by atomic mass is 10.2. The number of nitrogens with zero attached hydrogens (tertiary/aromatic N) is 1. The van der Waals surface area contributed by atoms with Gasteiger partial charge in [-0.3, -0.25) is 4.79 Å². The van der Waals surface area contributed by atoms with E-state index >= 15 is 0 Å². The minimum atomic E-state index is -0.333. The Bertz CT molecular complexity index is 722. The number of halogens is 1. The molecule has 0 atom stereocenters. The Balaban J connectivity index is 2.13. The van der Waals surface area contributed by atoms with Crippen LogP contribution in [-0.4, -0.2) is 31.4 Å². The van der Waals surface area contributed by atoms with Crippen molar-refractivity contribution in [2.45, 2.75) is 0 Å². The molecule has 0 bridgehead atoms. The van der Waals surface area contributed by atoms with Crippen molar-refractivity contribution < 1.29 is 19.4 Å². The first kappa shape index (κ1) is 16.8. The molecule has 2 N–H and O–H groups in total. The normalized spacial score (nSPS) is 10.6. The van der Waals surface area contributed by atoms with Crippen LogP contribution in [0.4, 0.5) is 0 Å². The van der Waals surface area contributed by atoms with Crippen molar-refractivity contribution in [2.24, 2.45) is 5.10 Å². The standard InChI is InChI=1S/C16H15BrN2O4/c1-22-13-6-10(7-14(23-2)15(13)20)9-18-19-16(21)11-4-3-5-12(17)8-11/h3-9,20H,1-2H3,(H,19,21). The fraction of sp³-hybridized carbons (Fsp3) is 0.125. The zero-order valence-corrected chi connectivity index (χ0v) is 14.1. The van der Waals surface area contributed by atoms with Gasteiger partial charge in [0, 0.05) is 15.6 Å². The molecule has 0 saturated heterocycles. The summed E-state index contributed by atoms with van der Waals surface area (Å²) in [7, 11) is 2.87. The second-order valence-electron chi connectivity index (χ2n) is 4.48. The maximum atomic E-state index is 12.0. The summed E-state index contributed by atoms with van der Waals surface area (Å²) in [5, 5.41) is 13.7. The Morgan fingerprint density at radius 3 is 2.43 bits per heavy atom. The highest BCUT2D eigenvalue weighted by atomic mass is 79.9. The summed E-state index contributed by atoms with van der Waals surface area (Å²) >= 11 is 3.30. The topological polar surface area (TPSA) is 80.2 Å². The second kappa shape index (κ2) is 7.64. The maximum Gasteiger partial charge on any atom is 0.271 e. The third kappa shape index (κ3) is 4.23. The molecular formula is C16H15BrN2O4. The lowest BCUT2D eigenvalue weighted by Gasteiger charge is -2.09. The van der Waals surface area contributed by atoms with Gasteiger partial charge in [-0.1, -0.05) is 22.0 Å². The van der Waals surface area contributed by atoms with Gasteiger partial charge in [-0.05, 0) is 30.3 Å². The predicted molar refractivity (Wildman–Crippen MR) is 90.4 cm³/mol. The van der Waals surface area contributed by atoms with Crippen molar-refractivity contribution in [3.05, 3.63) is 52.0 Å². The average molecular weight is 379 g/mol. The zero-order chi connectivity index (χ0) is 16.8. The lowest BCUT2D eigenvalue weighted by Crippen LogP contribution is -2.17. The Morgan fingerprint density at radius 2 is 1.87 bits per heavy atom. The number of amides is 1. The molecule has 0 fully saturated rings. The van der Waals surface area contributed by atoms with E-state index in [0.717, 1.165) is 4.47 Å². The molecule has 0 aromatic heterocycles. The summed E-state index contributed by atoms with van der Waals surface area (Å²) in [4.78, 5) is 12.0. The fourth-order valence-electron chi connectivity index (χ4n) is 1.85. The summed E-state index contributed by atoms with van der Waals surface area (Å²) in [6.45, 7) is 0. The lowest BCUT2D eigenvalue weighted by molar-refractivity contribution is 0.0955. The molecule has 7 heteroatoms. The summed E-state index contributed by atoms with van der Waals surface area (Å²) in [6, 6.07) is 10.1. The molecule has 23 heavy (non-hydrogen) atoms. The van der Waals surface area contributed by atoms with E-state index in [2.05, 4.69) is 26.5 Å². The molecule has 2 aromatic rings. The van der Waals surface area contributed by atoms with Gasteiger partial charge in [0.25, 0.3) is 5.91 Å². The molecule has 0 spiro atoms. The Kier molecular flexibility index (Phi) is 5.59. The molecule has 0 aliphatic carbocycles. The van der Waals surface area contributed by atoms with Crippen LogP contribution in [0.15, 0.2) is 46.0 Å². The minimum Gasteiger partial charge on any atom is -0.502 e. The number of hydrogen-bond acceptors (Lipinski definition) is 5. The largest absolute Gasteiger partial charge is 0.502 e. The van der Waals surface area contributed by atoms with E-state index in [1.165, 1.54) is 20.4 Å². The number of carbonyl (C=O) groups is 1. The van der Waals surface area contributed by atoms with Crippen LogP contribution in [0.3, 0.4) is 0 Å². The smallest absolute Gasteiger partial charge is 0.271 e. The highest BCUT2D eigenvalue weighted by molar-refractivity contribution is 9.10. The number of aromatic hydroxyl groups is 1. The molecule has 0 saturated carbocycles. The molecule has 0 heterocycles. The van der Waals surface area contributed by atoms with E-state index in [-0.39, 0.29) is 23.2 Å². The van der Waals surface area contributed by atoms with E-state index in [1.54, 1.807) is 30.3 Å². The van der Waals surface area contributed by atoms with Crippen LogP contribution < -0.4 is 14.9 Å². The molecule has 0 unspecified atom stereocenters. The SMILES string of the molecule is COc1cc(C=NNC(=O)c2cccc(Br)c2)cc(OC)c1O. The highest BCUT2D eigenvalue weighted by Crippen LogP contribution is 2.36. The van der Waals surface area contributed by atoms with Crippen LogP contribution in [-0.2, 0) is 0 Å². The van der Waals surface area contributed by atoms with Gasteiger partial charge in [0.05, 0.1) is 20.4 Å².